The van der Waals surface area contributed by atoms with Crippen molar-refractivity contribution < 1.29 is 32.2 Å². The van der Waals surface area contributed by atoms with E-state index in [1.54, 1.807) is 12.1 Å². The lowest BCUT2D eigenvalue weighted by molar-refractivity contribution is -0.137. The minimum Gasteiger partial charge on any atom is -0.493 e. The molecule has 0 unspecified atom stereocenters. The van der Waals surface area contributed by atoms with Crippen molar-refractivity contribution in [3.8, 4) is 17.2 Å². The van der Waals surface area contributed by atoms with Crippen molar-refractivity contribution in [3.63, 3.8) is 0 Å². The number of benzene rings is 2. The smallest absolute Gasteiger partial charge is 0.416 e. The number of carbonyl (C=O) groups is 1. The molecule has 1 saturated carbocycles. The number of hydrogen-bond acceptors (Lipinski definition) is 5. The van der Waals surface area contributed by atoms with Crippen LogP contribution in [0, 0.1) is 0 Å². The number of ether oxygens (including phenoxy) is 3. The van der Waals surface area contributed by atoms with E-state index < -0.39 is 11.7 Å². The van der Waals surface area contributed by atoms with E-state index in [-0.39, 0.29) is 18.5 Å². The highest BCUT2D eigenvalue weighted by Gasteiger charge is 2.32. The predicted octanol–water partition coefficient (Wildman–Crippen LogP) is 4.33. The SMILES string of the molecule is COc1cc(NC(=O)CN(Cc2ccc(C(F)(F)F)cc2)C2CC2)cc(OC)c1OC. The third kappa shape index (κ3) is 5.81. The Morgan fingerprint density at radius 3 is 2.06 bits per heavy atom. The zero-order chi connectivity index (χ0) is 22.6. The lowest BCUT2D eigenvalue weighted by atomic mass is 10.1. The zero-order valence-electron chi connectivity index (χ0n) is 17.6. The van der Waals surface area contributed by atoms with Gasteiger partial charge in [0.1, 0.15) is 0 Å². The first kappa shape index (κ1) is 22.7. The Morgan fingerprint density at radius 2 is 1.61 bits per heavy atom. The lowest BCUT2D eigenvalue weighted by Gasteiger charge is -2.22. The highest BCUT2D eigenvalue weighted by molar-refractivity contribution is 5.93. The molecule has 1 fully saturated rings. The van der Waals surface area contributed by atoms with E-state index in [0.717, 1.165) is 30.5 Å². The number of anilines is 1. The first-order chi connectivity index (χ1) is 14.7. The van der Waals surface area contributed by atoms with Crippen molar-refractivity contribution >= 4 is 11.6 Å². The number of amides is 1. The van der Waals surface area contributed by atoms with Crippen molar-refractivity contribution in [1.29, 1.82) is 0 Å². The van der Waals surface area contributed by atoms with Crippen LogP contribution in [0.1, 0.15) is 24.0 Å². The fourth-order valence-corrected chi connectivity index (χ4v) is 3.33. The van der Waals surface area contributed by atoms with Gasteiger partial charge in [0, 0.05) is 30.4 Å². The fraction of sp³-hybridized carbons (Fsp3) is 0.409. The Balaban J connectivity index is 1.68. The number of methoxy groups -OCH3 is 3. The minimum atomic E-state index is -4.37. The molecule has 0 heterocycles. The first-order valence-corrected chi connectivity index (χ1v) is 9.75. The van der Waals surface area contributed by atoms with Crippen molar-refractivity contribution in [2.24, 2.45) is 0 Å². The second kappa shape index (κ2) is 9.47. The van der Waals surface area contributed by atoms with Gasteiger partial charge in [-0.05, 0) is 30.5 Å². The van der Waals surface area contributed by atoms with Crippen LogP contribution < -0.4 is 19.5 Å². The molecule has 0 bridgehead atoms. The molecule has 3 rings (SSSR count). The van der Waals surface area contributed by atoms with E-state index in [1.165, 1.54) is 33.5 Å². The number of alkyl halides is 3. The largest absolute Gasteiger partial charge is 0.493 e. The van der Waals surface area contributed by atoms with Gasteiger partial charge in [0.25, 0.3) is 0 Å². The van der Waals surface area contributed by atoms with Crippen molar-refractivity contribution in [2.45, 2.75) is 31.6 Å². The molecular weight excluding hydrogens is 413 g/mol. The molecule has 168 valence electrons. The maximum atomic E-state index is 12.8. The molecule has 6 nitrogen and oxygen atoms in total. The van der Waals surface area contributed by atoms with Gasteiger partial charge in [-0.15, -0.1) is 0 Å². The molecule has 1 aliphatic carbocycles. The molecule has 0 atom stereocenters. The second-order valence-corrected chi connectivity index (χ2v) is 7.29. The Kier molecular flexibility index (Phi) is 6.94. The summed E-state index contributed by atoms with van der Waals surface area (Å²) in [6.07, 6.45) is -2.45. The molecule has 0 aliphatic heterocycles. The Hall–Kier alpha value is -2.94. The van der Waals surface area contributed by atoms with Gasteiger partial charge in [-0.3, -0.25) is 9.69 Å². The van der Waals surface area contributed by atoms with Crippen LogP contribution in [0.5, 0.6) is 17.2 Å². The third-order valence-electron chi connectivity index (χ3n) is 5.03. The van der Waals surface area contributed by atoms with E-state index in [4.69, 9.17) is 14.2 Å². The van der Waals surface area contributed by atoms with Gasteiger partial charge >= 0.3 is 6.18 Å². The second-order valence-electron chi connectivity index (χ2n) is 7.29. The molecule has 31 heavy (non-hydrogen) atoms. The maximum Gasteiger partial charge on any atom is 0.416 e. The standard InChI is InChI=1S/C22H25F3N2O4/c1-29-18-10-16(11-19(30-2)21(18)31-3)26-20(28)13-27(17-8-9-17)12-14-4-6-15(7-5-14)22(23,24)25/h4-7,10-11,17H,8-9,12-13H2,1-3H3,(H,26,28). The summed E-state index contributed by atoms with van der Waals surface area (Å²) >= 11 is 0. The van der Waals surface area contributed by atoms with E-state index in [1.807, 2.05) is 4.90 Å². The van der Waals surface area contributed by atoms with Crippen LogP contribution in [-0.2, 0) is 17.5 Å². The average molecular weight is 438 g/mol. The van der Waals surface area contributed by atoms with Crippen molar-refractivity contribution in [1.82, 2.24) is 4.90 Å². The van der Waals surface area contributed by atoms with Crippen molar-refractivity contribution in [3.05, 3.63) is 47.5 Å². The van der Waals surface area contributed by atoms with Crippen LogP contribution in [0.4, 0.5) is 18.9 Å². The van der Waals surface area contributed by atoms with E-state index in [9.17, 15) is 18.0 Å². The van der Waals surface area contributed by atoms with Gasteiger partial charge in [0.05, 0.1) is 33.4 Å². The molecule has 1 aliphatic rings. The summed E-state index contributed by atoms with van der Waals surface area (Å²) < 4.78 is 54.2. The molecule has 1 N–H and O–H groups in total. The van der Waals surface area contributed by atoms with E-state index in [0.29, 0.717) is 29.5 Å². The quantitative estimate of drug-likeness (QED) is 0.632. The molecule has 0 radical (unpaired) electrons. The molecule has 0 aromatic heterocycles. The third-order valence-corrected chi connectivity index (χ3v) is 5.03. The summed E-state index contributed by atoms with van der Waals surface area (Å²) in [5.74, 6) is 1.01. The predicted molar refractivity (Wildman–Crippen MR) is 110 cm³/mol. The number of carbonyl (C=O) groups excluding carboxylic acids is 1. The Morgan fingerprint density at radius 1 is 1.03 bits per heavy atom. The summed E-state index contributed by atoms with van der Waals surface area (Å²) in [4.78, 5) is 14.6. The summed E-state index contributed by atoms with van der Waals surface area (Å²) in [5, 5.41) is 2.83. The average Bonchev–Trinajstić information content (AvgIpc) is 3.57. The van der Waals surface area contributed by atoms with Crippen LogP contribution >= 0.6 is 0 Å². The number of rotatable bonds is 9. The normalized spacial score (nSPS) is 13.8. The number of nitrogens with one attached hydrogen (secondary N) is 1. The molecule has 2 aromatic rings. The maximum absolute atomic E-state index is 12.8. The summed E-state index contributed by atoms with van der Waals surface area (Å²) in [7, 11) is 4.47. The molecule has 0 saturated heterocycles. The van der Waals surface area contributed by atoms with Gasteiger partial charge in [-0.25, -0.2) is 0 Å². The highest BCUT2D eigenvalue weighted by atomic mass is 19.4. The topological polar surface area (TPSA) is 60.0 Å². The summed E-state index contributed by atoms with van der Waals surface area (Å²) in [5.41, 5.74) is 0.527. The fourth-order valence-electron chi connectivity index (χ4n) is 3.33. The van der Waals surface area contributed by atoms with Gasteiger partial charge in [-0.1, -0.05) is 12.1 Å². The van der Waals surface area contributed by atoms with E-state index >= 15 is 0 Å². The van der Waals surface area contributed by atoms with Crippen molar-refractivity contribution in [2.75, 3.05) is 33.2 Å². The first-order valence-electron chi connectivity index (χ1n) is 9.75. The minimum absolute atomic E-state index is 0.113. The Bertz CT molecular complexity index is 887. The van der Waals surface area contributed by atoms with Gasteiger partial charge in [-0.2, -0.15) is 13.2 Å². The van der Waals surface area contributed by atoms with Gasteiger partial charge < -0.3 is 19.5 Å². The lowest BCUT2D eigenvalue weighted by Crippen LogP contribution is -2.34. The zero-order valence-corrected chi connectivity index (χ0v) is 17.6. The molecule has 2 aromatic carbocycles. The number of hydrogen-bond donors (Lipinski definition) is 1. The number of nitrogens with zero attached hydrogens (tertiary/aromatic N) is 1. The molecule has 9 heteroatoms. The summed E-state index contributed by atoms with van der Waals surface area (Å²) in [6, 6.07) is 8.55. The van der Waals surface area contributed by atoms with Crippen LogP contribution in [0.3, 0.4) is 0 Å². The highest BCUT2D eigenvalue weighted by Crippen LogP contribution is 2.40. The van der Waals surface area contributed by atoms with Gasteiger partial charge in [0.2, 0.25) is 11.7 Å². The number of halogens is 3. The molecule has 1 amide bonds. The van der Waals surface area contributed by atoms with Crippen LogP contribution in [-0.4, -0.2) is 44.7 Å². The summed E-state index contributed by atoms with van der Waals surface area (Å²) in [6.45, 7) is 0.508. The van der Waals surface area contributed by atoms with Crippen LogP contribution in [0.15, 0.2) is 36.4 Å². The van der Waals surface area contributed by atoms with Crippen LogP contribution in [0.2, 0.25) is 0 Å². The van der Waals surface area contributed by atoms with Crippen LogP contribution in [0.25, 0.3) is 0 Å². The van der Waals surface area contributed by atoms with Gasteiger partial charge in [0.15, 0.2) is 11.5 Å². The monoisotopic (exact) mass is 438 g/mol. The van der Waals surface area contributed by atoms with E-state index in [2.05, 4.69) is 5.32 Å². The molecular formula is C22H25F3N2O4. The Labute approximate surface area is 178 Å². The molecule has 0 spiro atoms.